The Hall–Kier alpha value is -3.06. The highest BCUT2D eigenvalue weighted by atomic mass is 16.5. The number of hydrogen-bond donors (Lipinski definition) is 2. The molecular weight excluding hydrogens is 370 g/mol. The summed E-state index contributed by atoms with van der Waals surface area (Å²) in [5, 5.41) is 12.0. The minimum Gasteiger partial charge on any atom is -0.480 e. The van der Waals surface area contributed by atoms with Gasteiger partial charge in [-0.15, -0.1) is 0 Å². The highest BCUT2D eigenvalue weighted by molar-refractivity contribution is 5.91. The topological polar surface area (TPSA) is 82.1 Å². The van der Waals surface area contributed by atoms with Crippen LogP contribution in [0.2, 0.25) is 0 Å². The predicted molar refractivity (Wildman–Crippen MR) is 111 cm³/mol. The number of likely N-dealkylation sites (tertiary alicyclic amines) is 1. The number of hydrogen-bond acceptors (Lipinski definition) is 4. The number of carbonyl (C=O) groups excluding carboxylic acids is 1. The van der Waals surface area contributed by atoms with Gasteiger partial charge in [0, 0.05) is 19.1 Å². The van der Waals surface area contributed by atoms with Crippen LogP contribution in [0.4, 0.5) is 10.5 Å². The zero-order valence-corrected chi connectivity index (χ0v) is 16.6. The lowest BCUT2D eigenvalue weighted by Gasteiger charge is -2.25. The fraction of sp³-hybridized carbons (Fsp3) is 0.364. The second-order valence-electron chi connectivity index (χ2n) is 7.22. The van der Waals surface area contributed by atoms with Crippen molar-refractivity contribution in [3.05, 3.63) is 54.6 Å². The van der Waals surface area contributed by atoms with Gasteiger partial charge in [0.25, 0.3) is 0 Å². The summed E-state index contributed by atoms with van der Waals surface area (Å²) < 4.78 is 5.91. The van der Waals surface area contributed by atoms with E-state index >= 15 is 0 Å². The number of carboxylic acids is 1. The van der Waals surface area contributed by atoms with E-state index in [1.54, 1.807) is 4.90 Å². The number of anilines is 1. The lowest BCUT2D eigenvalue weighted by atomic mass is 10.1. The molecule has 1 aliphatic heterocycles. The molecule has 1 unspecified atom stereocenters. The van der Waals surface area contributed by atoms with Crippen molar-refractivity contribution in [1.29, 1.82) is 0 Å². The summed E-state index contributed by atoms with van der Waals surface area (Å²) in [7, 11) is 1.83. The molecule has 0 saturated carbocycles. The van der Waals surface area contributed by atoms with E-state index in [4.69, 9.17) is 9.84 Å². The Kier molecular flexibility index (Phi) is 7.08. The van der Waals surface area contributed by atoms with Gasteiger partial charge in [0.2, 0.25) is 0 Å². The van der Waals surface area contributed by atoms with Crippen molar-refractivity contribution >= 4 is 17.7 Å². The largest absolute Gasteiger partial charge is 0.480 e. The van der Waals surface area contributed by atoms with Crippen LogP contribution in [0, 0.1) is 0 Å². The SMILES string of the molecule is CN(CC(=O)O)C1CCCN(C(=O)Nc2ccccc2Oc2ccccc2)CC1. The molecule has 0 aliphatic carbocycles. The van der Waals surface area contributed by atoms with E-state index in [9.17, 15) is 9.59 Å². The third-order valence-electron chi connectivity index (χ3n) is 5.09. The number of likely N-dealkylation sites (N-methyl/N-ethyl adjacent to an activating group) is 1. The van der Waals surface area contributed by atoms with Crippen molar-refractivity contribution in [2.75, 3.05) is 32.0 Å². The zero-order valence-electron chi connectivity index (χ0n) is 16.6. The molecule has 0 radical (unpaired) electrons. The second kappa shape index (κ2) is 9.93. The Labute approximate surface area is 170 Å². The van der Waals surface area contributed by atoms with Gasteiger partial charge < -0.3 is 20.1 Å². The van der Waals surface area contributed by atoms with Crippen LogP contribution in [0.5, 0.6) is 11.5 Å². The zero-order chi connectivity index (χ0) is 20.6. The van der Waals surface area contributed by atoms with E-state index in [2.05, 4.69) is 5.32 Å². The molecule has 1 fully saturated rings. The Bertz CT molecular complexity index is 828. The molecule has 3 rings (SSSR count). The molecule has 0 bridgehead atoms. The van der Waals surface area contributed by atoms with E-state index < -0.39 is 5.97 Å². The molecule has 1 atom stereocenters. The second-order valence-corrected chi connectivity index (χ2v) is 7.22. The highest BCUT2D eigenvalue weighted by Gasteiger charge is 2.24. The van der Waals surface area contributed by atoms with Crippen molar-refractivity contribution in [1.82, 2.24) is 9.80 Å². The van der Waals surface area contributed by atoms with Crippen molar-refractivity contribution in [2.45, 2.75) is 25.3 Å². The van der Waals surface area contributed by atoms with E-state index in [1.165, 1.54) is 0 Å². The molecule has 1 aliphatic rings. The molecule has 2 aromatic carbocycles. The van der Waals surface area contributed by atoms with Crippen LogP contribution in [0.3, 0.4) is 0 Å². The number of benzene rings is 2. The van der Waals surface area contributed by atoms with Gasteiger partial charge in [-0.1, -0.05) is 30.3 Å². The average molecular weight is 397 g/mol. The fourth-order valence-corrected chi connectivity index (χ4v) is 3.53. The molecule has 2 aromatic rings. The first-order chi connectivity index (χ1) is 14.0. The number of carbonyl (C=O) groups is 2. The third-order valence-corrected chi connectivity index (χ3v) is 5.09. The lowest BCUT2D eigenvalue weighted by Crippen LogP contribution is -2.38. The number of carboxylic acid groups (broad SMARTS) is 1. The number of ether oxygens (including phenoxy) is 1. The van der Waals surface area contributed by atoms with Gasteiger partial charge in [-0.2, -0.15) is 0 Å². The van der Waals surface area contributed by atoms with Crippen LogP contribution in [0.25, 0.3) is 0 Å². The number of nitrogens with zero attached hydrogens (tertiary/aromatic N) is 2. The fourth-order valence-electron chi connectivity index (χ4n) is 3.53. The average Bonchev–Trinajstić information content (AvgIpc) is 2.96. The number of para-hydroxylation sites is 3. The Morgan fingerprint density at radius 3 is 2.59 bits per heavy atom. The van der Waals surface area contributed by atoms with Gasteiger partial charge in [0.1, 0.15) is 5.75 Å². The van der Waals surface area contributed by atoms with Gasteiger partial charge in [-0.05, 0) is 50.6 Å². The summed E-state index contributed by atoms with van der Waals surface area (Å²) in [6, 6.07) is 16.8. The predicted octanol–water partition coefficient (Wildman–Crippen LogP) is 3.88. The Morgan fingerprint density at radius 2 is 1.83 bits per heavy atom. The van der Waals surface area contributed by atoms with E-state index in [0.717, 1.165) is 19.3 Å². The number of amides is 2. The molecule has 7 heteroatoms. The molecule has 0 spiro atoms. The summed E-state index contributed by atoms with van der Waals surface area (Å²) in [4.78, 5) is 27.4. The Balaban J connectivity index is 1.61. The maximum atomic E-state index is 12.8. The first-order valence-electron chi connectivity index (χ1n) is 9.83. The maximum Gasteiger partial charge on any atom is 0.321 e. The van der Waals surface area contributed by atoms with E-state index in [-0.39, 0.29) is 18.6 Å². The van der Waals surface area contributed by atoms with Crippen molar-refractivity contribution in [2.24, 2.45) is 0 Å². The molecule has 1 heterocycles. The first-order valence-corrected chi connectivity index (χ1v) is 9.83. The molecule has 154 valence electrons. The van der Waals surface area contributed by atoms with Gasteiger partial charge >= 0.3 is 12.0 Å². The van der Waals surface area contributed by atoms with Crippen molar-refractivity contribution in [3.63, 3.8) is 0 Å². The standard InChI is InChI=1S/C22H27N3O4/c1-24(16-21(26)27)17-8-7-14-25(15-13-17)22(28)23-19-11-5-6-12-20(19)29-18-9-3-2-4-10-18/h2-6,9-12,17H,7-8,13-16H2,1H3,(H,23,28)(H,26,27). The van der Waals surface area contributed by atoms with Gasteiger partial charge in [-0.25, -0.2) is 4.79 Å². The minimum atomic E-state index is -0.832. The summed E-state index contributed by atoms with van der Waals surface area (Å²) in [6.45, 7) is 1.24. The lowest BCUT2D eigenvalue weighted by molar-refractivity contribution is -0.138. The maximum absolute atomic E-state index is 12.8. The van der Waals surface area contributed by atoms with Crippen molar-refractivity contribution in [3.8, 4) is 11.5 Å². The van der Waals surface area contributed by atoms with Gasteiger partial charge in [-0.3, -0.25) is 9.69 Å². The summed E-state index contributed by atoms with van der Waals surface area (Å²) >= 11 is 0. The molecular formula is C22H27N3O4. The normalized spacial score (nSPS) is 16.9. The van der Waals surface area contributed by atoms with Crippen LogP contribution >= 0.6 is 0 Å². The molecule has 1 saturated heterocycles. The van der Waals surface area contributed by atoms with E-state index in [1.807, 2.05) is 66.5 Å². The summed E-state index contributed by atoms with van der Waals surface area (Å²) in [6.07, 6.45) is 2.46. The summed E-state index contributed by atoms with van der Waals surface area (Å²) in [5.74, 6) is 0.454. The van der Waals surface area contributed by atoms with E-state index in [0.29, 0.717) is 30.3 Å². The molecule has 2 amide bonds. The van der Waals surface area contributed by atoms with Crippen LogP contribution in [0.1, 0.15) is 19.3 Å². The number of nitrogens with one attached hydrogen (secondary N) is 1. The Morgan fingerprint density at radius 1 is 1.10 bits per heavy atom. The quantitative estimate of drug-likeness (QED) is 0.773. The highest BCUT2D eigenvalue weighted by Crippen LogP contribution is 2.29. The van der Waals surface area contributed by atoms with Crippen molar-refractivity contribution < 1.29 is 19.4 Å². The van der Waals surface area contributed by atoms with Crippen LogP contribution < -0.4 is 10.1 Å². The molecule has 2 N–H and O–H groups in total. The third kappa shape index (κ3) is 5.96. The molecule has 0 aromatic heterocycles. The molecule has 7 nitrogen and oxygen atoms in total. The summed E-state index contributed by atoms with van der Waals surface area (Å²) in [5.41, 5.74) is 0.616. The van der Waals surface area contributed by atoms with Gasteiger partial charge in [0.15, 0.2) is 5.75 Å². The minimum absolute atomic E-state index is 0.0149. The number of aliphatic carboxylic acids is 1. The van der Waals surface area contributed by atoms with Crippen LogP contribution in [-0.2, 0) is 4.79 Å². The van der Waals surface area contributed by atoms with Gasteiger partial charge in [0.05, 0.1) is 12.2 Å². The number of rotatable bonds is 6. The number of urea groups is 1. The molecule has 29 heavy (non-hydrogen) atoms. The first kappa shape index (κ1) is 20.7. The monoisotopic (exact) mass is 397 g/mol. The van der Waals surface area contributed by atoms with Crippen LogP contribution in [-0.4, -0.2) is 59.6 Å². The smallest absolute Gasteiger partial charge is 0.321 e. The van der Waals surface area contributed by atoms with Crippen LogP contribution in [0.15, 0.2) is 54.6 Å².